The zero-order valence-electron chi connectivity index (χ0n) is 21.4. The molecule has 0 spiro atoms. The lowest BCUT2D eigenvalue weighted by atomic mass is 9.72. The van der Waals surface area contributed by atoms with E-state index in [2.05, 4.69) is 12.1 Å². The third-order valence-corrected chi connectivity index (χ3v) is 7.19. The van der Waals surface area contributed by atoms with E-state index in [4.69, 9.17) is 14.2 Å². The summed E-state index contributed by atoms with van der Waals surface area (Å²) in [5.41, 5.74) is 4.04. The van der Waals surface area contributed by atoms with Crippen LogP contribution in [-0.4, -0.2) is 32.5 Å². The minimum atomic E-state index is -0.363. The normalized spacial score (nSPS) is 19.5. The summed E-state index contributed by atoms with van der Waals surface area (Å²) in [5.74, 6) is 1.48. The summed E-state index contributed by atoms with van der Waals surface area (Å²) in [4.78, 5) is 29.5. The minimum Gasteiger partial charge on any atom is -0.497 e. The molecule has 6 heteroatoms. The van der Waals surface area contributed by atoms with Gasteiger partial charge in [-0.15, -0.1) is 0 Å². The van der Waals surface area contributed by atoms with Crippen molar-refractivity contribution in [3.05, 3.63) is 95.2 Å². The predicted octanol–water partition coefficient (Wildman–Crippen LogP) is 6.02. The van der Waals surface area contributed by atoms with Crippen LogP contribution in [0.15, 0.2) is 84.1 Å². The number of hydrogen-bond donors (Lipinski definition) is 0. The van der Waals surface area contributed by atoms with E-state index in [1.807, 2.05) is 61.5 Å². The number of carbonyl (C=O) groups excluding carboxylic acids is 2. The largest absolute Gasteiger partial charge is 0.497 e. The zero-order chi connectivity index (χ0) is 25.9. The van der Waals surface area contributed by atoms with Crippen LogP contribution >= 0.6 is 0 Å². The van der Waals surface area contributed by atoms with Crippen molar-refractivity contribution in [2.75, 3.05) is 25.7 Å². The first kappa shape index (κ1) is 24.6. The number of allylic oxidation sites excluding steroid dienone is 2. The molecule has 0 bridgehead atoms. The lowest BCUT2D eigenvalue weighted by molar-refractivity contribution is -0.120. The maximum Gasteiger partial charge on any atom is 0.232 e. The van der Waals surface area contributed by atoms with Gasteiger partial charge in [-0.1, -0.05) is 48.5 Å². The van der Waals surface area contributed by atoms with Gasteiger partial charge in [0.2, 0.25) is 5.91 Å². The minimum absolute atomic E-state index is 0.0175. The van der Waals surface area contributed by atoms with Crippen LogP contribution in [0.2, 0.25) is 0 Å². The van der Waals surface area contributed by atoms with Crippen LogP contribution in [0.3, 0.4) is 0 Å². The molecule has 0 aromatic heterocycles. The van der Waals surface area contributed by atoms with E-state index < -0.39 is 0 Å². The van der Waals surface area contributed by atoms with E-state index in [-0.39, 0.29) is 29.9 Å². The third-order valence-electron chi connectivity index (χ3n) is 7.19. The number of carbonyl (C=O) groups is 2. The summed E-state index contributed by atoms with van der Waals surface area (Å²) in [7, 11) is 3.16. The molecule has 2 atom stereocenters. The van der Waals surface area contributed by atoms with E-state index in [1.165, 1.54) is 0 Å². The Labute approximate surface area is 217 Å². The quantitative estimate of drug-likeness (QED) is 0.399. The monoisotopic (exact) mass is 497 g/mol. The van der Waals surface area contributed by atoms with Crippen LogP contribution in [0.1, 0.15) is 49.1 Å². The Hall–Kier alpha value is -4.06. The molecule has 0 saturated heterocycles. The Morgan fingerprint density at radius 3 is 2.19 bits per heavy atom. The van der Waals surface area contributed by atoms with Crippen molar-refractivity contribution in [1.29, 1.82) is 0 Å². The van der Waals surface area contributed by atoms with Gasteiger partial charge in [-0.25, -0.2) is 0 Å². The summed E-state index contributed by atoms with van der Waals surface area (Å²) in [6, 6.07) is 23.2. The van der Waals surface area contributed by atoms with Crippen molar-refractivity contribution < 1.29 is 23.8 Å². The maximum atomic E-state index is 13.9. The van der Waals surface area contributed by atoms with E-state index >= 15 is 0 Å². The van der Waals surface area contributed by atoms with Gasteiger partial charge < -0.3 is 14.2 Å². The van der Waals surface area contributed by atoms with E-state index in [1.54, 1.807) is 25.2 Å². The average Bonchev–Trinajstić information content (AvgIpc) is 2.93. The Kier molecular flexibility index (Phi) is 6.99. The second-order valence-corrected chi connectivity index (χ2v) is 9.33. The second-order valence-electron chi connectivity index (χ2n) is 9.33. The molecular weight excluding hydrogens is 466 g/mol. The number of ketones is 1. The molecule has 1 heterocycles. The molecule has 5 rings (SSSR count). The van der Waals surface area contributed by atoms with Crippen molar-refractivity contribution in [2.24, 2.45) is 0 Å². The zero-order valence-corrected chi connectivity index (χ0v) is 21.4. The Bertz CT molecular complexity index is 1320. The van der Waals surface area contributed by atoms with Gasteiger partial charge in [-0.3, -0.25) is 14.5 Å². The number of hydrogen-bond acceptors (Lipinski definition) is 5. The van der Waals surface area contributed by atoms with Crippen LogP contribution < -0.4 is 19.1 Å². The molecule has 1 aliphatic carbocycles. The van der Waals surface area contributed by atoms with Crippen LogP contribution in [0.25, 0.3) is 0 Å². The molecule has 0 N–H and O–H groups in total. The molecule has 0 radical (unpaired) electrons. The van der Waals surface area contributed by atoms with E-state index in [9.17, 15) is 9.59 Å². The smallest absolute Gasteiger partial charge is 0.232 e. The Morgan fingerprint density at radius 2 is 1.51 bits per heavy atom. The predicted molar refractivity (Wildman–Crippen MR) is 142 cm³/mol. The van der Waals surface area contributed by atoms with Gasteiger partial charge in [0.05, 0.1) is 26.5 Å². The molecule has 2 aliphatic rings. The molecule has 1 amide bonds. The Balaban J connectivity index is 1.69. The topological polar surface area (TPSA) is 65.1 Å². The number of nitrogens with zero attached hydrogens (tertiary/aromatic N) is 1. The van der Waals surface area contributed by atoms with Crippen LogP contribution in [0.4, 0.5) is 5.69 Å². The highest BCUT2D eigenvalue weighted by atomic mass is 16.5. The van der Waals surface area contributed by atoms with Gasteiger partial charge in [-0.05, 0) is 30.9 Å². The summed E-state index contributed by atoms with van der Waals surface area (Å²) >= 11 is 0. The number of benzene rings is 3. The molecule has 3 aromatic rings. The van der Waals surface area contributed by atoms with Gasteiger partial charge in [0, 0.05) is 53.8 Å². The number of methoxy groups -OCH3 is 2. The average molecular weight is 498 g/mol. The van der Waals surface area contributed by atoms with Gasteiger partial charge in [-0.2, -0.15) is 0 Å². The van der Waals surface area contributed by atoms with Crippen molar-refractivity contribution in [3.63, 3.8) is 0 Å². The lowest BCUT2D eigenvalue weighted by Gasteiger charge is -2.41. The van der Waals surface area contributed by atoms with E-state index in [0.29, 0.717) is 48.0 Å². The van der Waals surface area contributed by atoms with Crippen LogP contribution in [0, 0.1) is 0 Å². The number of ether oxygens (including phenoxy) is 3. The van der Waals surface area contributed by atoms with E-state index in [0.717, 1.165) is 16.8 Å². The summed E-state index contributed by atoms with van der Waals surface area (Å²) in [5, 5.41) is 0. The molecule has 37 heavy (non-hydrogen) atoms. The van der Waals surface area contributed by atoms with Crippen molar-refractivity contribution >= 4 is 17.4 Å². The molecule has 3 aromatic carbocycles. The highest BCUT2D eigenvalue weighted by molar-refractivity contribution is 6.08. The number of anilines is 1. The highest BCUT2D eigenvalue weighted by Crippen LogP contribution is 2.49. The first-order valence-corrected chi connectivity index (χ1v) is 12.6. The fourth-order valence-corrected chi connectivity index (χ4v) is 5.54. The van der Waals surface area contributed by atoms with Gasteiger partial charge in [0.1, 0.15) is 17.2 Å². The third kappa shape index (κ3) is 4.71. The maximum absolute atomic E-state index is 13.9. The van der Waals surface area contributed by atoms with Crippen molar-refractivity contribution in [3.8, 4) is 17.2 Å². The van der Waals surface area contributed by atoms with Crippen LogP contribution in [0.5, 0.6) is 17.2 Å². The summed E-state index contributed by atoms with van der Waals surface area (Å²) < 4.78 is 16.9. The van der Waals surface area contributed by atoms with Gasteiger partial charge in [0.25, 0.3) is 0 Å². The second kappa shape index (κ2) is 10.5. The molecule has 0 fully saturated rings. The summed E-state index contributed by atoms with van der Waals surface area (Å²) in [6.07, 6.45) is 1.15. The first-order chi connectivity index (χ1) is 18.0. The number of para-hydroxylation sites is 1. The standard InChI is InChI=1S/C31H31NO5/c1-4-37-29-13-9-8-12-25(29)26-19-30(34)32(22-16-23(35-2)18-24(17-22)36-3)27-14-21(15-28(33)31(26)27)20-10-6-5-7-11-20/h5-13,16-18,21,26H,4,14-15,19H2,1-3H3. The molecular formula is C31H31NO5. The fourth-order valence-electron chi connectivity index (χ4n) is 5.54. The summed E-state index contributed by atoms with van der Waals surface area (Å²) in [6.45, 7) is 2.44. The van der Waals surface area contributed by atoms with Gasteiger partial charge >= 0.3 is 0 Å². The highest BCUT2D eigenvalue weighted by Gasteiger charge is 2.43. The molecule has 190 valence electrons. The molecule has 0 saturated carbocycles. The SMILES string of the molecule is CCOc1ccccc1C1CC(=O)N(c2cc(OC)cc(OC)c2)C2=C1C(=O)CC(c1ccccc1)C2. The van der Waals surface area contributed by atoms with Crippen LogP contribution in [-0.2, 0) is 9.59 Å². The molecule has 6 nitrogen and oxygen atoms in total. The molecule has 1 aliphatic heterocycles. The number of rotatable bonds is 7. The fraction of sp³-hybridized carbons (Fsp3) is 0.290. The van der Waals surface area contributed by atoms with Crippen molar-refractivity contribution in [2.45, 2.75) is 38.0 Å². The molecule has 2 unspecified atom stereocenters. The lowest BCUT2D eigenvalue weighted by Crippen LogP contribution is -2.42. The first-order valence-electron chi connectivity index (χ1n) is 12.6. The number of amides is 1. The van der Waals surface area contributed by atoms with Crippen molar-refractivity contribution in [1.82, 2.24) is 0 Å². The number of Topliss-reactive ketones (excluding diaryl/α,β-unsaturated/α-hetero) is 1. The van der Waals surface area contributed by atoms with Gasteiger partial charge in [0.15, 0.2) is 5.78 Å². The Morgan fingerprint density at radius 1 is 0.838 bits per heavy atom.